The van der Waals surface area contributed by atoms with Crippen LogP contribution in [-0.4, -0.2) is 5.97 Å². The maximum absolute atomic E-state index is 12.8. The topological polar surface area (TPSA) is 50.1 Å². The molecule has 0 radical (unpaired) electrons. The molecule has 3 heteroatoms. The Balaban J connectivity index is 1.49. The van der Waals surface area contributed by atoms with Crippen molar-refractivity contribution in [2.75, 3.05) is 0 Å². The molecule has 1 aliphatic carbocycles. The van der Waals surface area contributed by atoms with Crippen molar-refractivity contribution in [1.29, 1.82) is 5.26 Å². The highest BCUT2D eigenvalue weighted by molar-refractivity contribution is 5.76. The Morgan fingerprint density at radius 3 is 2.21 bits per heavy atom. The van der Waals surface area contributed by atoms with E-state index in [1.54, 1.807) is 6.07 Å². The van der Waals surface area contributed by atoms with Gasteiger partial charge in [-0.3, -0.25) is 4.79 Å². The third-order valence-electron chi connectivity index (χ3n) is 7.02. The SMILES string of the molecule is CCCCCCc1ccc(C2CCC(C(=O)Oc3ccc(CCCC)cc3C#N)CC2)cc1. The van der Waals surface area contributed by atoms with Crippen molar-refractivity contribution in [2.45, 2.75) is 96.8 Å². The average molecular weight is 446 g/mol. The van der Waals surface area contributed by atoms with Crippen molar-refractivity contribution in [2.24, 2.45) is 5.92 Å². The van der Waals surface area contributed by atoms with E-state index in [0.717, 1.165) is 50.5 Å². The molecule has 0 atom stereocenters. The fourth-order valence-corrected chi connectivity index (χ4v) is 4.86. The molecule has 0 aliphatic heterocycles. The van der Waals surface area contributed by atoms with Gasteiger partial charge in [-0.05, 0) is 86.1 Å². The van der Waals surface area contributed by atoms with Crippen molar-refractivity contribution >= 4 is 5.97 Å². The summed E-state index contributed by atoms with van der Waals surface area (Å²) in [5.41, 5.74) is 4.41. The van der Waals surface area contributed by atoms with E-state index in [9.17, 15) is 10.1 Å². The van der Waals surface area contributed by atoms with Crippen LogP contribution >= 0.6 is 0 Å². The van der Waals surface area contributed by atoms with Crippen molar-refractivity contribution in [3.8, 4) is 11.8 Å². The molecule has 33 heavy (non-hydrogen) atoms. The fraction of sp³-hybridized carbons (Fsp3) is 0.533. The Morgan fingerprint density at radius 2 is 1.55 bits per heavy atom. The predicted molar refractivity (Wildman–Crippen MR) is 134 cm³/mol. The lowest BCUT2D eigenvalue weighted by Gasteiger charge is -2.27. The summed E-state index contributed by atoms with van der Waals surface area (Å²) < 4.78 is 5.69. The van der Waals surface area contributed by atoms with Crippen LogP contribution in [0.1, 0.15) is 106 Å². The van der Waals surface area contributed by atoms with Gasteiger partial charge in [0.25, 0.3) is 0 Å². The van der Waals surface area contributed by atoms with Crippen molar-refractivity contribution in [3.05, 3.63) is 64.7 Å². The first kappa shape index (κ1) is 25.0. The van der Waals surface area contributed by atoms with Gasteiger partial charge in [-0.15, -0.1) is 0 Å². The lowest BCUT2D eigenvalue weighted by molar-refractivity contribution is -0.140. The predicted octanol–water partition coefficient (Wildman–Crippen LogP) is 7.90. The van der Waals surface area contributed by atoms with Gasteiger partial charge in [0.2, 0.25) is 0 Å². The van der Waals surface area contributed by atoms with E-state index in [1.807, 2.05) is 12.1 Å². The number of hydrogen-bond donors (Lipinski definition) is 0. The number of benzene rings is 2. The maximum atomic E-state index is 12.8. The normalized spacial score (nSPS) is 18.0. The zero-order chi connectivity index (χ0) is 23.5. The van der Waals surface area contributed by atoms with Crippen LogP contribution in [0.15, 0.2) is 42.5 Å². The van der Waals surface area contributed by atoms with Gasteiger partial charge in [0.15, 0.2) is 0 Å². The number of nitriles is 1. The van der Waals surface area contributed by atoms with Gasteiger partial charge in [-0.2, -0.15) is 5.26 Å². The number of hydrogen-bond acceptors (Lipinski definition) is 3. The van der Waals surface area contributed by atoms with E-state index in [4.69, 9.17) is 4.74 Å². The van der Waals surface area contributed by atoms with Gasteiger partial charge in [-0.25, -0.2) is 0 Å². The molecule has 0 spiro atoms. The lowest BCUT2D eigenvalue weighted by atomic mass is 9.78. The Hall–Kier alpha value is -2.60. The van der Waals surface area contributed by atoms with E-state index in [-0.39, 0.29) is 11.9 Å². The first-order valence-electron chi connectivity index (χ1n) is 13.0. The van der Waals surface area contributed by atoms with Gasteiger partial charge in [-0.1, -0.05) is 69.9 Å². The Labute approximate surface area is 200 Å². The molecule has 0 aromatic heterocycles. The molecule has 0 saturated heterocycles. The van der Waals surface area contributed by atoms with Gasteiger partial charge in [0.05, 0.1) is 11.5 Å². The molecule has 1 saturated carbocycles. The van der Waals surface area contributed by atoms with Crippen LogP contribution < -0.4 is 4.74 Å². The molecular weight excluding hydrogens is 406 g/mol. The van der Waals surface area contributed by atoms with E-state index in [1.165, 1.54) is 43.2 Å². The zero-order valence-corrected chi connectivity index (χ0v) is 20.4. The standard InChI is InChI=1S/C30H39NO2/c1-3-5-7-8-10-23-11-14-25(15-12-23)26-16-18-27(19-17-26)30(32)33-29-20-13-24(9-6-4-2)21-28(29)22-31/h11-15,20-21,26-27H,3-10,16-19H2,1-2H3. The highest BCUT2D eigenvalue weighted by atomic mass is 16.5. The number of rotatable bonds is 11. The van der Waals surface area contributed by atoms with Crippen LogP contribution in [0.2, 0.25) is 0 Å². The number of carbonyl (C=O) groups is 1. The van der Waals surface area contributed by atoms with Gasteiger partial charge in [0.1, 0.15) is 11.8 Å². The number of ether oxygens (including phenoxy) is 1. The van der Waals surface area contributed by atoms with Crippen molar-refractivity contribution in [1.82, 2.24) is 0 Å². The molecule has 0 N–H and O–H groups in total. The second kappa shape index (κ2) is 13.2. The highest BCUT2D eigenvalue weighted by Crippen LogP contribution is 2.37. The Kier molecular flexibility index (Phi) is 10.0. The van der Waals surface area contributed by atoms with E-state index in [2.05, 4.69) is 44.2 Å². The van der Waals surface area contributed by atoms with E-state index < -0.39 is 0 Å². The summed E-state index contributed by atoms with van der Waals surface area (Å²) in [6.45, 7) is 4.40. The largest absolute Gasteiger partial charge is 0.425 e. The van der Waals surface area contributed by atoms with E-state index in [0.29, 0.717) is 17.2 Å². The minimum atomic E-state index is -0.186. The molecule has 0 amide bonds. The summed E-state index contributed by atoms with van der Waals surface area (Å²) in [5, 5.41) is 9.50. The number of unbranched alkanes of at least 4 members (excludes halogenated alkanes) is 4. The number of esters is 1. The van der Waals surface area contributed by atoms with Crippen molar-refractivity contribution < 1.29 is 9.53 Å². The Morgan fingerprint density at radius 1 is 0.879 bits per heavy atom. The van der Waals surface area contributed by atoms with Crippen LogP contribution in [0, 0.1) is 17.2 Å². The monoisotopic (exact) mass is 445 g/mol. The first-order chi connectivity index (χ1) is 16.1. The quantitative estimate of drug-likeness (QED) is 0.201. The summed E-state index contributed by atoms with van der Waals surface area (Å²) in [7, 11) is 0. The minimum absolute atomic E-state index is 0.0783. The second-order valence-corrected chi connectivity index (χ2v) is 9.57. The molecule has 3 rings (SSSR count). The summed E-state index contributed by atoms with van der Waals surface area (Å²) in [6, 6.07) is 17.0. The average Bonchev–Trinajstić information content (AvgIpc) is 2.86. The Bertz CT molecular complexity index is 917. The number of nitrogens with zero attached hydrogens (tertiary/aromatic N) is 1. The minimum Gasteiger partial charge on any atom is -0.425 e. The van der Waals surface area contributed by atoms with Crippen LogP contribution in [0.5, 0.6) is 5.75 Å². The fourth-order valence-electron chi connectivity index (χ4n) is 4.86. The molecule has 0 heterocycles. The van der Waals surface area contributed by atoms with Crippen molar-refractivity contribution in [3.63, 3.8) is 0 Å². The third kappa shape index (κ3) is 7.46. The zero-order valence-electron chi connectivity index (χ0n) is 20.4. The third-order valence-corrected chi connectivity index (χ3v) is 7.02. The van der Waals surface area contributed by atoms with Crippen LogP contribution in [-0.2, 0) is 17.6 Å². The summed E-state index contributed by atoms with van der Waals surface area (Å²) >= 11 is 0. The lowest BCUT2D eigenvalue weighted by Crippen LogP contribution is -2.25. The van der Waals surface area contributed by atoms with Gasteiger partial charge < -0.3 is 4.74 Å². The second-order valence-electron chi connectivity index (χ2n) is 9.57. The molecule has 2 aromatic rings. The summed E-state index contributed by atoms with van der Waals surface area (Å²) in [4.78, 5) is 12.8. The smallest absolute Gasteiger partial charge is 0.314 e. The molecule has 176 valence electrons. The summed E-state index contributed by atoms with van der Waals surface area (Å²) in [5.74, 6) is 0.661. The molecule has 1 aliphatic rings. The number of carbonyl (C=O) groups excluding carboxylic acids is 1. The molecule has 0 unspecified atom stereocenters. The molecule has 3 nitrogen and oxygen atoms in total. The van der Waals surface area contributed by atoms with Gasteiger partial charge >= 0.3 is 5.97 Å². The molecule has 0 bridgehead atoms. The molecular formula is C30H39NO2. The first-order valence-corrected chi connectivity index (χ1v) is 13.0. The van der Waals surface area contributed by atoms with E-state index >= 15 is 0 Å². The highest BCUT2D eigenvalue weighted by Gasteiger charge is 2.29. The van der Waals surface area contributed by atoms with Crippen LogP contribution in [0.25, 0.3) is 0 Å². The molecule has 1 fully saturated rings. The number of aryl methyl sites for hydroxylation is 2. The molecule has 2 aromatic carbocycles. The van der Waals surface area contributed by atoms with Crippen LogP contribution in [0.4, 0.5) is 0 Å². The van der Waals surface area contributed by atoms with Crippen LogP contribution in [0.3, 0.4) is 0 Å². The maximum Gasteiger partial charge on any atom is 0.314 e. The summed E-state index contributed by atoms with van der Waals surface area (Å²) in [6.07, 6.45) is 13.2. The van der Waals surface area contributed by atoms with Gasteiger partial charge in [0, 0.05) is 0 Å².